The first-order valence-corrected chi connectivity index (χ1v) is 7.72. The molecule has 0 atom stereocenters. The summed E-state index contributed by atoms with van der Waals surface area (Å²) in [4.78, 5) is 12.5. The molecular weight excluding hydrogens is 320 g/mol. The van der Waals surface area contributed by atoms with E-state index in [9.17, 15) is 4.79 Å². The van der Waals surface area contributed by atoms with Crippen LogP contribution in [0.1, 0.15) is 21.5 Å². The second kappa shape index (κ2) is 8.89. The maximum Gasteiger partial charge on any atom is 0.185 e. The molecule has 5 nitrogen and oxygen atoms in total. The Morgan fingerprint density at radius 3 is 2.16 bits per heavy atom. The quantitative estimate of drug-likeness (QED) is 0.540. The lowest BCUT2D eigenvalue weighted by Gasteiger charge is -2.09. The van der Waals surface area contributed by atoms with Crippen LogP contribution < -0.4 is 14.2 Å². The lowest BCUT2D eigenvalue weighted by Crippen LogP contribution is -2.00. The Morgan fingerprint density at radius 1 is 0.920 bits per heavy atom. The van der Waals surface area contributed by atoms with Crippen LogP contribution >= 0.6 is 0 Å². The molecule has 0 unspecified atom stereocenters. The number of methoxy groups -OCH3 is 4. The number of carbonyl (C=O) groups is 1. The second-order valence-electron chi connectivity index (χ2n) is 5.30. The topological polar surface area (TPSA) is 54.0 Å². The van der Waals surface area contributed by atoms with Crippen LogP contribution in [0.25, 0.3) is 6.08 Å². The van der Waals surface area contributed by atoms with E-state index in [1.165, 1.54) is 6.08 Å². The molecular formula is C20H22O5. The number of ketones is 1. The van der Waals surface area contributed by atoms with Crippen LogP contribution in [0.3, 0.4) is 0 Å². The highest BCUT2D eigenvalue weighted by Crippen LogP contribution is 2.24. The summed E-state index contributed by atoms with van der Waals surface area (Å²) >= 11 is 0. The summed E-state index contributed by atoms with van der Waals surface area (Å²) in [5.41, 5.74) is 2.21. The molecule has 0 aliphatic rings. The van der Waals surface area contributed by atoms with E-state index >= 15 is 0 Å². The van der Waals surface area contributed by atoms with E-state index in [4.69, 9.17) is 18.9 Å². The van der Waals surface area contributed by atoms with Gasteiger partial charge in [0, 0.05) is 24.3 Å². The Kier molecular flexibility index (Phi) is 6.60. The van der Waals surface area contributed by atoms with Gasteiger partial charge in [0.25, 0.3) is 0 Å². The van der Waals surface area contributed by atoms with E-state index in [0.717, 1.165) is 11.1 Å². The molecule has 132 valence electrons. The fourth-order valence-corrected chi connectivity index (χ4v) is 2.39. The van der Waals surface area contributed by atoms with Gasteiger partial charge in [-0.2, -0.15) is 0 Å². The molecule has 0 aromatic heterocycles. The third-order valence-electron chi connectivity index (χ3n) is 3.67. The van der Waals surface area contributed by atoms with Crippen LogP contribution in [0, 0.1) is 0 Å². The number of benzene rings is 2. The average Bonchev–Trinajstić information content (AvgIpc) is 2.65. The lowest BCUT2D eigenvalue weighted by molar-refractivity contribution is 0.104. The number of hydrogen-bond acceptors (Lipinski definition) is 5. The van der Waals surface area contributed by atoms with Crippen molar-refractivity contribution in [3.8, 4) is 17.2 Å². The molecule has 0 N–H and O–H groups in total. The highest BCUT2D eigenvalue weighted by molar-refractivity contribution is 6.07. The first-order chi connectivity index (χ1) is 12.1. The first-order valence-electron chi connectivity index (χ1n) is 7.72. The normalized spacial score (nSPS) is 10.7. The molecule has 5 heteroatoms. The van der Waals surface area contributed by atoms with E-state index in [2.05, 4.69) is 0 Å². The second-order valence-corrected chi connectivity index (χ2v) is 5.30. The van der Waals surface area contributed by atoms with Gasteiger partial charge in [-0.3, -0.25) is 4.79 Å². The van der Waals surface area contributed by atoms with Crippen molar-refractivity contribution in [2.75, 3.05) is 28.4 Å². The smallest absolute Gasteiger partial charge is 0.185 e. The van der Waals surface area contributed by atoms with Crippen LogP contribution in [0.2, 0.25) is 0 Å². The van der Waals surface area contributed by atoms with Gasteiger partial charge in [0.15, 0.2) is 5.78 Å². The summed E-state index contributed by atoms with van der Waals surface area (Å²) in [7, 11) is 6.36. The van der Waals surface area contributed by atoms with Crippen molar-refractivity contribution in [3.05, 3.63) is 59.2 Å². The van der Waals surface area contributed by atoms with E-state index in [-0.39, 0.29) is 5.78 Å². The van der Waals surface area contributed by atoms with Gasteiger partial charge in [0.2, 0.25) is 0 Å². The number of allylic oxidation sites excluding steroid dienone is 1. The van der Waals surface area contributed by atoms with E-state index in [0.29, 0.717) is 29.4 Å². The summed E-state index contributed by atoms with van der Waals surface area (Å²) in [6.07, 6.45) is 3.25. The Bertz CT molecular complexity index is 742. The molecule has 0 heterocycles. The van der Waals surface area contributed by atoms with Crippen LogP contribution in [-0.4, -0.2) is 34.2 Å². The highest BCUT2D eigenvalue weighted by Gasteiger charge is 2.08. The fraction of sp³-hybridized carbons (Fsp3) is 0.250. The monoisotopic (exact) mass is 342 g/mol. The van der Waals surface area contributed by atoms with E-state index in [1.54, 1.807) is 58.8 Å². The molecule has 0 aliphatic carbocycles. The van der Waals surface area contributed by atoms with Crippen molar-refractivity contribution in [1.29, 1.82) is 0 Å². The van der Waals surface area contributed by atoms with Gasteiger partial charge in [-0.05, 0) is 42.0 Å². The Labute approximate surface area is 147 Å². The van der Waals surface area contributed by atoms with Crippen LogP contribution in [0.4, 0.5) is 0 Å². The third-order valence-corrected chi connectivity index (χ3v) is 3.67. The van der Waals surface area contributed by atoms with Crippen LogP contribution in [0.5, 0.6) is 17.2 Å². The van der Waals surface area contributed by atoms with E-state index in [1.807, 2.05) is 12.1 Å². The maximum atomic E-state index is 12.5. The summed E-state index contributed by atoms with van der Waals surface area (Å²) in [5, 5.41) is 0. The van der Waals surface area contributed by atoms with Crippen molar-refractivity contribution >= 4 is 11.9 Å². The Hall–Kier alpha value is -2.79. The van der Waals surface area contributed by atoms with Crippen LogP contribution in [-0.2, 0) is 11.3 Å². The minimum absolute atomic E-state index is 0.109. The summed E-state index contributed by atoms with van der Waals surface area (Å²) in [5.74, 6) is 1.92. The minimum atomic E-state index is -0.109. The largest absolute Gasteiger partial charge is 0.497 e. The molecule has 0 radical (unpaired) electrons. The van der Waals surface area contributed by atoms with Gasteiger partial charge in [0.1, 0.15) is 17.2 Å². The maximum absolute atomic E-state index is 12.5. The molecule has 0 aliphatic heterocycles. The molecule has 2 aromatic rings. The fourth-order valence-electron chi connectivity index (χ4n) is 2.39. The number of hydrogen-bond donors (Lipinski definition) is 0. The van der Waals surface area contributed by atoms with Crippen molar-refractivity contribution in [2.45, 2.75) is 6.61 Å². The Balaban J connectivity index is 2.24. The van der Waals surface area contributed by atoms with Crippen molar-refractivity contribution < 1.29 is 23.7 Å². The summed E-state index contributed by atoms with van der Waals surface area (Å²) in [6, 6.07) is 10.7. The molecule has 0 amide bonds. The molecule has 2 aromatic carbocycles. The minimum Gasteiger partial charge on any atom is -0.497 e. The van der Waals surface area contributed by atoms with Gasteiger partial charge >= 0.3 is 0 Å². The van der Waals surface area contributed by atoms with Crippen LogP contribution in [0.15, 0.2) is 42.5 Å². The van der Waals surface area contributed by atoms with Gasteiger partial charge in [-0.25, -0.2) is 0 Å². The van der Waals surface area contributed by atoms with Crippen molar-refractivity contribution in [1.82, 2.24) is 0 Å². The van der Waals surface area contributed by atoms with Gasteiger partial charge in [-0.15, -0.1) is 0 Å². The summed E-state index contributed by atoms with van der Waals surface area (Å²) < 4.78 is 20.9. The van der Waals surface area contributed by atoms with Gasteiger partial charge in [0.05, 0.1) is 27.9 Å². The molecule has 0 saturated heterocycles. The zero-order valence-corrected chi connectivity index (χ0v) is 14.9. The third kappa shape index (κ3) is 4.84. The molecule has 2 rings (SSSR count). The average molecular weight is 342 g/mol. The highest BCUT2D eigenvalue weighted by atomic mass is 16.5. The predicted molar refractivity (Wildman–Crippen MR) is 96.6 cm³/mol. The number of ether oxygens (including phenoxy) is 4. The van der Waals surface area contributed by atoms with Gasteiger partial charge in [-0.1, -0.05) is 6.08 Å². The first kappa shape index (κ1) is 18.5. The zero-order chi connectivity index (χ0) is 18.2. The number of carbonyl (C=O) groups excluding carboxylic acids is 1. The number of rotatable bonds is 8. The van der Waals surface area contributed by atoms with E-state index < -0.39 is 0 Å². The summed E-state index contributed by atoms with van der Waals surface area (Å²) in [6.45, 7) is 0.376. The van der Waals surface area contributed by atoms with Gasteiger partial charge < -0.3 is 18.9 Å². The molecule has 25 heavy (non-hydrogen) atoms. The standard InChI is InChI=1S/C20H22O5/c1-22-13-16-11-15(6-8-20(16)25-4)19(21)7-5-14-9-17(23-2)12-18(10-14)24-3/h5-12H,13H2,1-4H3/b7-5+. The van der Waals surface area contributed by atoms with Crippen molar-refractivity contribution in [2.24, 2.45) is 0 Å². The molecule has 0 saturated carbocycles. The van der Waals surface area contributed by atoms with Crippen molar-refractivity contribution in [3.63, 3.8) is 0 Å². The predicted octanol–water partition coefficient (Wildman–Crippen LogP) is 3.75. The molecule has 0 fully saturated rings. The Morgan fingerprint density at radius 2 is 1.60 bits per heavy atom. The zero-order valence-electron chi connectivity index (χ0n) is 14.9. The lowest BCUT2D eigenvalue weighted by atomic mass is 10.1. The SMILES string of the molecule is COCc1cc(C(=O)/C=C/c2cc(OC)cc(OC)c2)ccc1OC. The molecule has 0 spiro atoms. The molecule has 0 bridgehead atoms.